The molecule has 1 atom stereocenters. The van der Waals surface area contributed by atoms with Crippen LogP contribution in [0.2, 0.25) is 0 Å². The van der Waals surface area contributed by atoms with Gasteiger partial charge in [-0.1, -0.05) is 37.3 Å². The second kappa shape index (κ2) is 12.1. The molecule has 1 amide bonds. The van der Waals surface area contributed by atoms with Crippen LogP contribution in [0.1, 0.15) is 51.0 Å². The van der Waals surface area contributed by atoms with E-state index in [0.717, 1.165) is 44.9 Å². The monoisotopic (exact) mass is 458 g/mol. The molecular formula is C19H31IN4O. The van der Waals surface area contributed by atoms with Gasteiger partial charge in [-0.2, -0.15) is 0 Å². The molecule has 0 spiro atoms. The molecule has 1 unspecified atom stereocenters. The Balaban J connectivity index is 0.00000312. The number of aliphatic imine (C=N–C) groups is 1. The lowest BCUT2D eigenvalue weighted by Gasteiger charge is -2.13. The van der Waals surface area contributed by atoms with E-state index in [4.69, 9.17) is 0 Å². The Morgan fingerprint density at radius 2 is 1.96 bits per heavy atom. The third kappa shape index (κ3) is 9.09. The molecule has 1 saturated carbocycles. The molecule has 1 aromatic rings. The Morgan fingerprint density at radius 3 is 2.60 bits per heavy atom. The third-order valence-corrected chi connectivity index (χ3v) is 4.05. The van der Waals surface area contributed by atoms with Crippen LogP contribution in [0.3, 0.4) is 0 Å². The minimum atomic E-state index is 0. The van der Waals surface area contributed by atoms with E-state index < -0.39 is 0 Å². The summed E-state index contributed by atoms with van der Waals surface area (Å²) in [5, 5.41) is 9.58. The lowest BCUT2D eigenvalue weighted by Crippen LogP contribution is -2.38. The van der Waals surface area contributed by atoms with Crippen molar-refractivity contribution in [3.05, 3.63) is 35.9 Å². The summed E-state index contributed by atoms with van der Waals surface area (Å²) in [6.07, 6.45) is 3.67. The number of amides is 1. The van der Waals surface area contributed by atoms with Crippen LogP contribution < -0.4 is 16.0 Å². The van der Waals surface area contributed by atoms with Gasteiger partial charge in [-0.05, 0) is 31.7 Å². The van der Waals surface area contributed by atoms with E-state index in [1.54, 1.807) is 0 Å². The van der Waals surface area contributed by atoms with Gasteiger partial charge < -0.3 is 16.0 Å². The number of hydrogen-bond acceptors (Lipinski definition) is 2. The van der Waals surface area contributed by atoms with Crippen molar-refractivity contribution in [2.75, 3.05) is 19.6 Å². The molecular weight excluding hydrogens is 427 g/mol. The van der Waals surface area contributed by atoms with E-state index in [0.29, 0.717) is 18.4 Å². The van der Waals surface area contributed by atoms with Gasteiger partial charge in [0.25, 0.3) is 0 Å². The molecule has 5 nitrogen and oxygen atoms in total. The largest absolute Gasteiger partial charge is 0.357 e. The van der Waals surface area contributed by atoms with Crippen molar-refractivity contribution in [2.24, 2.45) is 4.99 Å². The molecule has 0 aliphatic heterocycles. The van der Waals surface area contributed by atoms with E-state index in [-0.39, 0.29) is 29.9 Å². The van der Waals surface area contributed by atoms with Crippen LogP contribution in [0.4, 0.5) is 0 Å². The molecule has 1 fully saturated rings. The highest BCUT2D eigenvalue weighted by atomic mass is 127. The number of nitrogens with zero attached hydrogens (tertiary/aromatic N) is 1. The number of benzene rings is 1. The van der Waals surface area contributed by atoms with Gasteiger partial charge in [-0.3, -0.25) is 9.79 Å². The summed E-state index contributed by atoms with van der Waals surface area (Å²) in [6.45, 7) is 6.56. The first-order valence-electron chi connectivity index (χ1n) is 9.05. The number of nitrogens with one attached hydrogen (secondary N) is 3. The zero-order valence-corrected chi connectivity index (χ0v) is 17.6. The fourth-order valence-electron chi connectivity index (χ4n) is 2.44. The fraction of sp³-hybridized carbons (Fsp3) is 0.579. The quantitative estimate of drug-likeness (QED) is 0.231. The normalized spacial score (nSPS) is 15.0. The lowest BCUT2D eigenvalue weighted by molar-refractivity contribution is -0.121. The van der Waals surface area contributed by atoms with Gasteiger partial charge in [-0.15, -0.1) is 24.0 Å². The maximum Gasteiger partial charge on any atom is 0.220 e. The van der Waals surface area contributed by atoms with E-state index in [1.165, 1.54) is 5.56 Å². The molecule has 3 N–H and O–H groups in total. The van der Waals surface area contributed by atoms with Crippen LogP contribution in [0, 0.1) is 0 Å². The van der Waals surface area contributed by atoms with Crippen molar-refractivity contribution in [2.45, 2.75) is 51.5 Å². The predicted molar refractivity (Wildman–Crippen MR) is 115 cm³/mol. The Morgan fingerprint density at radius 1 is 1.24 bits per heavy atom. The SMILES string of the molecule is CCNC(=NCC(C)c1ccccc1)NCCCC(=O)NC1CC1.I. The topological polar surface area (TPSA) is 65.5 Å². The molecule has 1 aromatic carbocycles. The summed E-state index contributed by atoms with van der Waals surface area (Å²) in [7, 11) is 0. The molecule has 0 aromatic heterocycles. The molecule has 140 valence electrons. The van der Waals surface area contributed by atoms with Gasteiger partial charge in [0.1, 0.15) is 0 Å². The van der Waals surface area contributed by atoms with Gasteiger partial charge in [0, 0.05) is 38.0 Å². The standard InChI is InChI=1S/C19H30N4O.HI/c1-3-20-19(21-13-7-10-18(24)23-17-11-12-17)22-14-15(2)16-8-5-4-6-9-16;/h4-6,8-9,15,17H,3,7,10-14H2,1-2H3,(H,23,24)(H2,20,21,22);1H. The van der Waals surface area contributed by atoms with E-state index in [2.05, 4.69) is 59.1 Å². The minimum Gasteiger partial charge on any atom is -0.357 e. The summed E-state index contributed by atoms with van der Waals surface area (Å²) in [5.41, 5.74) is 1.30. The van der Waals surface area contributed by atoms with E-state index in [9.17, 15) is 4.79 Å². The zero-order chi connectivity index (χ0) is 17.2. The Bertz CT molecular complexity index is 531. The van der Waals surface area contributed by atoms with Crippen molar-refractivity contribution in [3.63, 3.8) is 0 Å². The smallest absolute Gasteiger partial charge is 0.220 e. The van der Waals surface area contributed by atoms with Crippen LogP contribution in [0.15, 0.2) is 35.3 Å². The van der Waals surface area contributed by atoms with Gasteiger partial charge >= 0.3 is 0 Å². The number of carbonyl (C=O) groups is 1. The summed E-state index contributed by atoms with van der Waals surface area (Å²) < 4.78 is 0. The molecule has 25 heavy (non-hydrogen) atoms. The van der Waals surface area contributed by atoms with Crippen molar-refractivity contribution >= 4 is 35.8 Å². The van der Waals surface area contributed by atoms with Gasteiger partial charge in [0.05, 0.1) is 0 Å². The molecule has 0 saturated heterocycles. The highest BCUT2D eigenvalue weighted by Gasteiger charge is 2.22. The average molecular weight is 458 g/mol. The van der Waals surface area contributed by atoms with E-state index in [1.807, 2.05) is 6.07 Å². The molecule has 0 radical (unpaired) electrons. The summed E-state index contributed by atoms with van der Waals surface area (Å²) >= 11 is 0. The van der Waals surface area contributed by atoms with Crippen LogP contribution in [-0.4, -0.2) is 37.5 Å². The van der Waals surface area contributed by atoms with Crippen molar-refractivity contribution in [3.8, 4) is 0 Å². The van der Waals surface area contributed by atoms with Gasteiger partial charge in [-0.25, -0.2) is 0 Å². The number of guanidine groups is 1. The molecule has 1 aliphatic rings. The molecule has 2 rings (SSSR count). The van der Waals surface area contributed by atoms with Crippen molar-refractivity contribution in [1.29, 1.82) is 0 Å². The minimum absolute atomic E-state index is 0. The van der Waals surface area contributed by atoms with Gasteiger partial charge in [0.15, 0.2) is 5.96 Å². The highest BCUT2D eigenvalue weighted by molar-refractivity contribution is 14.0. The fourth-order valence-corrected chi connectivity index (χ4v) is 2.44. The highest BCUT2D eigenvalue weighted by Crippen LogP contribution is 2.18. The average Bonchev–Trinajstić information content (AvgIpc) is 3.40. The number of hydrogen-bond donors (Lipinski definition) is 3. The van der Waals surface area contributed by atoms with Crippen LogP contribution in [-0.2, 0) is 4.79 Å². The molecule has 0 bridgehead atoms. The second-order valence-corrected chi connectivity index (χ2v) is 6.40. The number of carbonyl (C=O) groups excluding carboxylic acids is 1. The maximum absolute atomic E-state index is 11.7. The first-order chi connectivity index (χ1) is 11.7. The van der Waals surface area contributed by atoms with E-state index >= 15 is 0 Å². The summed E-state index contributed by atoms with van der Waals surface area (Å²) in [6, 6.07) is 10.9. The van der Waals surface area contributed by atoms with Gasteiger partial charge in [0.2, 0.25) is 5.91 Å². The molecule has 0 heterocycles. The Hall–Kier alpha value is -1.31. The zero-order valence-electron chi connectivity index (χ0n) is 15.3. The summed E-state index contributed by atoms with van der Waals surface area (Å²) in [4.78, 5) is 16.3. The van der Waals surface area contributed by atoms with Crippen molar-refractivity contribution in [1.82, 2.24) is 16.0 Å². The lowest BCUT2D eigenvalue weighted by atomic mass is 10.0. The van der Waals surface area contributed by atoms with Crippen molar-refractivity contribution < 1.29 is 4.79 Å². The molecule has 1 aliphatic carbocycles. The van der Waals surface area contributed by atoms with Crippen LogP contribution in [0.25, 0.3) is 0 Å². The first kappa shape index (κ1) is 21.7. The van der Waals surface area contributed by atoms with Crippen LogP contribution >= 0.6 is 24.0 Å². The summed E-state index contributed by atoms with van der Waals surface area (Å²) in [5.74, 6) is 1.37. The number of rotatable bonds is 9. The predicted octanol–water partition coefficient (Wildman–Crippen LogP) is 3.02. The second-order valence-electron chi connectivity index (χ2n) is 6.40. The third-order valence-electron chi connectivity index (χ3n) is 4.05. The first-order valence-corrected chi connectivity index (χ1v) is 9.05. The molecule has 6 heteroatoms. The Labute approximate surface area is 168 Å². The van der Waals surface area contributed by atoms with Crippen LogP contribution in [0.5, 0.6) is 0 Å². The number of halogens is 1. The maximum atomic E-state index is 11.7. The Kier molecular flexibility index (Phi) is 10.5.